The van der Waals surface area contributed by atoms with Gasteiger partial charge in [0.1, 0.15) is 0 Å². The molecule has 3 rings (SSSR count). The monoisotopic (exact) mass is 655 g/mol. The minimum absolute atomic E-state index is 0. The molecule has 0 aromatic heterocycles. The van der Waals surface area contributed by atoms with E-state index in [4.69, 9.17) is 0 Å². The van der Waals surface area contributed by atoms with E-state index < -0.39 is 29.1 Å². The fourth-order valence-corrected chi connectivity index (χ4v) is 12.1. The molecule has 12 heteroatoms. The van der Waals surface area contributed by atoms with Gasteiger partial charge in [-0.05, 0) is 74.0 Å². The van der Waals surface area contributed by atoms with Crippen LogP contribution in [-0.2, 0) is 29.1 Å². The van der Waals surface area contributed by atoms with Gasteiger partial charge in [0.05, 0.1) is 10.6 Å². The van der Waals surface area contributed by atoms with Crippen LogP contribution in [0, 0.1) is 0 Å². The molecule has 0 saturated carbocycles. The first-order valence-corrected chi connectivity index (χ1v) is 15.7. The molecule has 1 radical (unpaired) electrons. The second-order valence-electron chi connectivity index (χ2n) is 9.54. The Hall–Kier alpha value is -0.572. The third-order valence-corrected chi connectivity index (χ3v) is 13.5. The average molecular weight is 655 g/mol. The molecule has 0 spiro atoms. The predicted molar refractivity (Wildman–Crippen MR) is 146 cm³/mol. The molecule has 2 saturated heterocycles. The van der Waals surface area contributed by atoms with Crippen molar-refractivity contribution in [3.05, 3.63) is 34.9 Å². The van der Waals surface area contributed by atoms with E-state index in [9.17, 15) is 32.0 Å². The predicted octanol–water partition coefficient (Wildman–Crippen LogP) is 8.10. The van der Waals surface area contributed by atoms with Crippen molar-refractivity contribution in [3.8, 4) is 0 Å². The van der Waals surface area contributed by atoms with Crippen LogP contribution < -0.4 is 5.32 Å². The molecule has 2 N–H and O–H groups in total. The van der Waals surface area contributed by atoms with Crippen molar-refractivity contribution >= 4 is 35.0 Å². The van der Waals surface area contributed by atoms with Crippen LogP contribution in [0.4, 0.5) is 17.3 Å². The summed E-state index contributed by atoms with van der Waals surface area (Å²) in [6, 6.07) is 0. The summed E-state index contributed by atoms with van der Waals surface area (Å²) in [4.78, 5) is 24.9. The molecule has 1 amide bonds. The Balaban J connectivity index is 0.000000761. The summed E-state index contributed by atoms with van der Waals surface area (Å²) in [6.45, 7) is 8.70. The van der Waals surface area contributed by atoms with E-state index in [1.165, 1.54) is 25.7 Å². The molecule has 0 unspecified atom stereocenters. The molecule has 4 atom stereocenters. The summed E-state index contributed by atoms with van der Waals surface area (Å²) in [7, 11) is -5.84. The van der Waals surface area contributed by atoms with E-state index in [1.807, 2.05) is 0 Å². The van der Waals surface area contributed by atoms with Crippen LogP contribution in [0.25, 0.3) is 0 Å². The number of rotatable bonds is 4. The van der Waals surface area contributed by atoms with E-state index in [1.54, 1.807) is 7.05 Å². The second-order valence-corrected chi connectivity index (χ2v) is 15.6. The van der Waals surface area contributed by atoms with E-state index in [-0.39, 0.29) is 25.4 Å². The van der Waals surface area contributed by atoms with Crippen molar-refractivity contribution in [1.29, 1.82) is 0 Å². The summed E-state index contributed by atoms with van der Waals surface area (Å²) in [5, 5.41) is 13.9. The molecule has 2 aliphatic heterocycles. The SMILES string of the molecule is C1=CCCC=CCC1.CNC(=O)/C(=C(\C(=O)O)P1[C@@H](C)CC[C@@H]1C)P1[C@@H](C)CC[C@@H]1C.F[B-](F)(F)F.[Rh]. The van der Waals surface area contributed by atoms with Crippen LogP contribution in [0.2, 0.25) is 0 Å². The Kier molecular flexibility index (Phi) is 17.6. The largest absolute Gasteiger partial charge is 0.673 e. The van der Waals surface area contributed by atoms with Crippen LogP contribution in [0.15, 0.2) is 34.9 Å². The molecular weight excluding hydrogens is 614 g/mol. The number of carboxylic acids is 1. The molecule has 4 nitrogen and oxygen atoms in total. The molecule has 0 bridgehead atoms. The van der Waals surface area contributed by atoms with Crippen molar-refractivity contribution in [2.45, 2.75) is 102 Å². The molecule has 2 fully saturated rings. The average Bonchev–Trinajstić information content (AvgIpc) is 3.25. The summed E-state index contributed by atoms with van der Waals surface area (Å²) in [5.41, 5.74) is 1.66. The maximum absolute atomic E-state index is 12.7. The van der Waals surface area contributed by atoms with Crippen molar-refractivity contribution in [1.82, 2.24) is 5.32 Å². The Morgan fingerprint density at radius 1 is 0.730 bits per heavy atom. The molecule has 0 aromatic carbocycles. The number of halogens is 4. The molecule has 215 valence electrons. The number of likely N-dealkylation sites (N-methyl/N-ethyl adjacent to an activating group) is 1. The first kappa shape index (κ1) is 36.4. The Morgan fingerprint density at radius 3 is 1.24 bits per heavy atom. The maximum Gasteiger partial charge on any atom is 0.673 e. The number of aliphatic carboxylic acids is 1. The molecule has 2 heterocycles. The molecule has 3 aliphatic rings. The van der Waals surface area contributed by atoms with Gasteiger partial charge in [-0.25, -0.2) is 4.79 Å². The zero-order valence-electron chi connectivity index (χ0n) is 22.4. The van der Waals surface area contributed by atoms with Gasteiger partial charge in [0.15, 0.2) is 0 Å². The van der Waals surface area contributed by atoms with Crippen LogP contribution in [-0.4, -0.2) is 53.9 Å². The number of carboxylic acid groups (broad SMARTS) is 1. The smallest absolute Gasteiger partial charge is 0.478 e. The van der Waals surface area contributed by atoms with Gasteiger partial charge in [0.2, 0.25) is 0 Å². The minimum Gasteiger partial charge on any atom is -0.478 e. The summed E-state index contributed by atoms with van der Waals surface area (Å²) < 4.78 is 39.0. The van der Waals surface area contributed by atoms with Gasteiger partial charge in [0, 0.05) is 26.5 Å². The number of hydrogen-bond acceptors (Lipinski definition) is 2. The number of nitrogens with one attached hydrogen (secondary N) is 1. The van der Waals surface area contributed by atoms with Gasteiger partial charge in [0.25, 0.3) is 5.91 Å². The van der Waals surface area contributed by atoms with Crippen molar-refractivity contribution in [3.63, 3.8) is 0 Å². The number of amides is 1. The molecule has 37 heavy (non-hydrogen) atoms. The van der Waals surface area contributed by atoms with Gasteiger partial charge in [-0.3, -0.25) is 4.79 Å². The van der Waals surface area contributed by atoms with Crippen LogP contribution in [0.3, 0.4) is 0 Å². The van der Waals surface area contributed by atoms with E-state index in [0.717, 1.165) is 25.7 Å². The molecular formula is C25H41BF4NO3P2Rh-. The Labute approximate surface area is 234 Å². The van der Waals surface area contributed by atoms with E-state index in [2.05, 4.69) is 57.3 Å². The van der Waals surface area contributed by atoms with Crippen LogP contribution in [0.5, 0.6) is 0 Å². The summed E-state index contributed by atoms with van der Waals surface area (Å²) in [5.74, 6) is -1.01. The Morgan fingerprint density at radius 2 is 1.00 bits per heavy atom. The fraction of sp³-hybridized carbons (Fsp3) is 0.680. The molecule has 0 aromatic rings. The quantitative estimate of drug-likeness (QED) is 0.106. The van der Waals surface area contributed by atoms with Gasteiger partial charge in [-0.2, -0.15) is 0 Å². The van der Waals surface area contributed by atoms with Gasteiger partial charge < -0.3 is 27.7 Å². The van der Waals surface area contributed by atoms with Crippen molar-refractivity contribution in [2.75, 3.05) is 7.05 Å². The third-order valence-electron chi connectivity index (χ3n) is 6.62. The van der Waals surface area contributed by atoms with Crippen molar-refractivity contribution < 1.29 is 51.4 Å². The second kappa shape index (κ2) is 17.9. The van der Waals surface area contributed by atoms with Gasteiger partial charge in [-0.1, -0.05) is 67.8 Å². The van der Waals surface area contributed by atoms with E-state index in [0.29, 0.717) is 33.3 Å². The molecule has 1 aliphatic carbocycles. The fourth-order valence-electron chi connectivity index (χ4n) is 4.93. The minimum atomic E-state index is -6.00. The number of allylic oxidation sites excluding steroid dienone is 4. The normalized spacial score (nSPS) is 26.8. The summed E-state index contributed by atoms with van der Waals surface area (Å²) in [6.07, 6.45) is 18.4. The maximum atomic E-state index is 12.7. The topological polar surface area (TPSA) is 66.4 Å². The Bertz CT molecular complexity index is 774. The van der Waals surface area contributed by atoms with Gasteiger partial charge >= 0.3 is 13.2 Å². The van der Waals surface area contributed by atoms with Crippen LogP contribution >= 0.6 is 15.8 Å². The van der Waals surface area contributed by atoms with Crippen LogP contribution in [0.1, 0.15) is 79.1 Å². The number of hydrogen-bond donors (Lipinski definition) is 2. The van der Waals surface area contributed by atoms with E-state index >= 15 is 0 Å². The zero-order valence-corrected chi connectivity index (χ0v) is 25.8. The number of carbonyl (C=O) groups is 2. The first-order chi connectivity index (χ1) is 16.8. The standard InChI is InChI=1S/C17H29NO3P2.C8H12.BF4.Rh/c1-10-6-7-11(2)22(10)14(16(19)18-5)15(17(20)21)23-12(3)8-9-13(23)4;1-2-4-6-8-7-5-3-1;2-1(3,4)5;/h10-13H,6-9H2,1-5H3,(H,18,19)(H,20,21);1-2,7-8H,3-6H2;;/q;;-1;/b15-14-;;;/t10-,11-,12-,13-;;;/m0.../s1. The first-order valence-electron chi connectivity index (χ1n) is 12.7. The summed E-state index contributed by atoms with van der Waals surface area (Å²) >= 11 is 0. The zero-order chi connectivity index (χ0) is 27.5. The van der Waals surface area contributed by atoms with Gasteiger partial charge in [-0.15, -0.1) is 0 Å². The number of carbonyl (C=O) groups excluding carboxylic acids is 1. The van der Waals surface area contributed by atoms with Crippen molar-refractivity contribution in [2.24, 2.45) is 0 Å². The third kappa shape index (κ3) is 12.9.